The molecule has 0 heterocycles. The van der Waals surface area contributed by atoms with Crippen LogP contribution in [0.5, 0.6) is 5.75 Å². The summed E-state index contributed by atoms with van der Waals surface area (Å²) >= 11 is 0. The third kappa shape index (κ3) is 5.37. The van der Waals surface area contributed by atoms with Crippen molar-refractivity contribution in [2.24, 2.45) is 17.6 Å². The summed E-state index contributed by atoms with van der Waals surface area (Å²) in [6.45, 7) is 0.116. The highest BCUT2D eigenvalue weighted by Gasteiger charge is 2.42. The van der Waals surface area contributed by atoms with Crippen molar-refractivity contribution in [2.45, 2.75) is 44.1 Å². The van der Waals surface area contributed by atoms with E-state index >= 15 is 0 Å². The Balaban J connectivity index is 1.76. The number of aryl methyl sites for hydroxylation is 1. The molecule has 5 heteroatoms. The molecule has 3 rings (SSSR count). The lowest BCUT2D eigenvalue weighted by atomic mass is 9.71. The van der Waals surface area contributed by atoms with Crippen molar-refractivity contribution >= 4 is 5.97 Å². The van der Waals surface area contributed by atoms with Gasteiger partial charge in [-0.1, -0.05) is 68.1 Å². The molecule has 0 spiro atoms. The molecule has 1 aliphatic rings. The van der Waals surface area contributed by atoms with E-state index in [4.69, 9.17) is 15.6 Å². The van der Waals surface area contributed by atoms with Gasteiger partial charge in [0.05, 0.1) is 5.60 Å². The molecular formula is C24H31NO4. The van der Waals surface area contributed by atoms with Crippen LogP contribution in [-0.4, -0.2) is 29.3 Å². The van der Waals surface area contributed by atoms with E-state index in [2.05, 4.69) is 0 Å². The van der Waals surface area contributed by atoms with Gasteiger partial charge in [0.25, 0.3) is 0 Å². The minimum atomic E-state index is -0.998. The maximum Gasteiger partial charge on any atom is 0.341 e. The van der Waals surface area contributed by atoms with Crippen LogP contribution in [0.2, 0.25) is 0 Å². The largest absolute Gasteiger partial charge is 0.482 e. The van der Waals surface area contributed by atoms with E-state index in [1.807, 2.05) is 42.5 Å². The molecule has 0 radical (unpaired) electrons. The molecule has 0 aliphatic heterocycles. The van der Waals surface area contributed by atoms with Crippen LogP contribution in [0, 0.1) is 11.8 Å². The molecule has 156 valence electrons. The molecule has 1 aliphatic carbocycles. The summed E-state index contributed by atoms with van der Waals surface area (Å²) in [5.41, 5.74) is 7.24. The molecule has 0 amide bonds. The molecule has 0 aromatic heterocycles. The first-order chi connectivity index (χ1) is 14.0. The second-order valence-electron chi connectivity index (χ2n) is 8.00. The number of carboxylic acids is 1. The van der Waals surface area contributed by atoms with Gasteiger partial charge in [0.15, 0.2) is 6.61 Å². The van der Waals surface area contributed by atoms with Crippen LogP contribution in [0.3, 0.4) is 0 Å². The molecule has 0 bridgehead atoms. The van der Waals surface area contributed by atoms with Gasteiger partial charge in [-0.05, 0) is 48.6 Å². The highest BCUT2D eigenvalue weighted by atomic mass is 16.5. The Morgan fingerprint density at radius 2 is 1.76 bits per heavy atom. The van der Waals surface area contributed by atoms with Crippen molar-refractivity contribution < 1.29 is 19.7 Å². The van der Waals surface area contributed by atoms with Crippen LogP contribution in [0.1, 0.15) is 43.2 Å². The van der Waals surface area contributed by atoms with Gasteiger partial charge < -0.3 is 20.7 Å². The van der Waals surface area contributed by atoms with Crippen molar-refractivity contribution in [3.05, 3.63) is 65.7 Å². The summed E-state index contributed by atoms with van der Waals surface area (Å²) in [6.07, 6.45) is 5.98. The standard InChI is InChI=1S/C24H31NO4/c25-16-22(19-6-4-5-7-19)24(28,20-8-2-1-3-9-20)15-14-18-10-12-21(13-11-18)29-17-23(26)27/h1-3,8-13,19,22,28H,4-7,14-17,25H2,(H,26,27). The number of hydrogen-bond acceptors (Lipinski definition) is 4. The van der Waals surface area contributed by atoms with Crippen molar-refractivity contribution in [2.75, 3.05) is 13.2 Å². The first-order valence-corrected chi connectivity index (χ1v) is 10.4. The van der Waals surface area contributed by atoms with Crippen LogP contribution >= 0.6 is 0 Å². The Morgan fingerprint density at radius 1 is 1.10 bits per heavy atom. The van der Waals surface area contributed by atoms with Crippen molar-refractivity contribution in [3.63, 3.8) is 0 Å². The normalized spacial score (nSPS) is 17.6. The van der Waals surface area contributed by atoms with Crippen molar-refractivity contribution in [1.82, 2.24) is 0 Å². The molecule has 2 aromatic carbocycles. The molecule has 5 nitrogen and oxygen atoms in total. The number of carbonyl (C=O) groups is 1. The molecule has 2 atom stereocenters. The maximum absolute atomic E-state index is 11.9. The van der Waals surface area contributed by atoms with Gasteiger partial charge in [0, 0.05) is 5.92 Å². The topological polar surface area (TPSA) is 92.8 Å². The van der Waals surface area contributed by atoms with Gasteiger partial charge in [-0.2, -0.15) is 0 Å². The Kier molecular flexibility index (Phi) is 7.29. The number of benzene rings is 2. The number of carboxylic acid groups (broad SMARTS) is 1. The lowest BCUT2D eigenvalue weighted by molar-refractivity contribution is -0.139. The summed E-state index contributed by atoms with van der Waals surface area (Å²) in [5.74, 6) is 0.0181. The highest BCUT2D eigenvalue weighted by Crippen LogP contribution is 2.43. The monoisotopic (exact) mass is 397 g/mol. The molecular weight excluding hydrogens is 366 g/mol. The van der Waals surface area contributed by atoms with Crippen LogP contribution in [-0.2, 0) is 16.8 Å². The fraction of sp³-hybridized carbons (Fsp3) is 0.458. The zero-order chi connectivity index (χ0) is 20.7. The van der Waals surface area contributed by atoms with E-state index in [9.17, 15) is 9.90 Å². The number of aliphatic carboxylic acids is 1. The average Bonchev–Trinajstić information content (AvgIpc) is 3.27. The Morgan fingerprint density at radius 3 is 2.34 bits per heavy atom. The van der Waals surface area contributed by atoms with Crippen LogP contribution in [0.25, 0.3) is 0 Å². The number of aliphatic hydroxyl groups is 1. The van der Waals surface area contributed by atoms with E-state index in [0.29, 0.717) is 31.1 Å². The van der Waals surface area contributed by atoms with E-state index < -0.39 is 11.6 Å². The van der Waals surface area contributed by atoms with Gasteiger partial charge in [0.1, 0.15) is 5.75 Å². The lowest BCUT2D eigenvalue weighted by Gasteiger charge is -2.40. The Labute approximate surface area is 172 Å². The lowest BCUT2D eigenvalue weighted by Crippen LogP contribution is -2.43. The first-order valence-electron chi connectivity index (χ1n) is 10.4. The fourth-order valence-electron chi connectivity index (χ4n) is 4.64. The summed E-state index contributed by atoms with van der Waals surface area (Å²) in [5, 5.41) is 20.6. The minimum absolute atomic E-state index is 0.0329. The zero-order valence-electron chi connectivity index (χ0n) is 16.8. The van der Waals surface area contributed by atoms with Crippen LogP contribution < -0.4 is 10.5 Å². The molecule has 2 aromatic rings. The summed E-state index contributed by atoms with van der Waals surface area (Å²) < 4.78 is 5.19. The number of hydrogen-bond donors (Lipinski definition) is 3. The van der Waals surface area contributed by atoms with Gasteiger partial charge in [-0.25, -0.2) is 4.79 Å². The van der Waals surface area contributed by atoms with E-state index in [1.165, 1.54) is 12.8 Å². The van der Waals surface area contributed by atoms with Crippen molar-refractivity contribution in [3.8, 4) is 5.75 Å². The Hall–Kier alpha value is -2.37. The van der Waals surface area contributed by atoms with Gasteiger partial charge in [-0.15, -0.1) is 0 Å². The second kappa shape index (κ2) is 9.90. The third-order valence-corrected chi connectivity index (χ3v) is 6.19. The number of nitrogens with two attached hydrogens (primary N) is 1. The number of ether oxygens (including phenoxy) is 1. The molecule has 29 heavy (non-hydrogen) atoms. The molecule has 1 fully saturated rings. The SMILES string of the molecule is NCC(C1CCCC1)C(O)(CCc1ccc(OCC(=O)O)cc1)c1ccccc1. The fourth-order valence-corrected chi connectivity index (χ4v) is 4.64. The van der Waals surface area contributed by atoms with Gasteiger partial charge >= 0.3 is 5.97 Å². The first kappa shape index (κ1) is 21.3. The van der Waals surface area contributed by atoms with Gasteiger partial charge in [0.2, 0.25) is 0 Å². The van der Waals surface area contributed by atoms with E-state index in [0.717, 1.165) is 24.0 Å². The second-order valence-corrected chi connectivity index (χ2v) is 8.00. The summed E-state index contributed by atoms with van der Waals surface area (Å²) in [4.78, 5) is 10.6. The van der Waals surface area contributed by atoms with Gasteiger partial charge in [-0.3, -0.25) is 0 Å². The Bertz CT molecular complexity index is 771. The quantitative estimate of drug-likeness (QED) is 0.568. The molecule has 0 saturated heterocycles. The number of rotatable bonds is 10. The van der Waals surface area contributed by atoms with E-state index in [-0.39, 0.29) is 12.5 Å². The van der Waals surface area contributed by atoms with E-state index in [1.54, 1.807) is 12.1 Å². The van der Waals surface area contributed by atoms with Crippen LogP contribution in [0.15, 0.2) is 54.6 Å². The van der Waals surface area contributed by atoms with Crippen LogP contribution in [0.4, 0.5) is 0 Å². The molecule has 2 unspecified atom stereocenters. The average molecular weight is 398 g/mol. The summed E-state index contributed by atoms with van der Waals surface area (Å²) in [7, 11) is 0. The molecule has 1 saturated carbocycles. The predicted octanol–water partition coefficient (Wildman–Crippen LogP) is 3.74. The smallest absolute Gasteiger partial charge is 0.341 e. The highest BCUT2D eigenvalue weighted by molar-refractivity contribution is 5.68. The summed E-state index contributed by atoms with van der Waals surface area (Å²) in [6, 6.07) is 17.3. The minimum Gasteiger partial charge on any atom is -0.482 e. The molecule has 4 N–H and O–H groups in total. The van der Waals surface area contributed by atoms with Crippen molar-refractivity contribution in [1.29, 1.82) is 0 Å². The zero-order valence-corrected chi connectivity index (χ0v) is 16.8. The third-order valence-electron chi connectivity index (χ3n) is 6.19. The predicted molar refractivity (Wildman–Crippen MR) is 113 cm³/mol. The maximum atomic E-state index is 11.9.